The summed E-state index contributed by atoms with van der Waals surface area (Å²) in [5.41, 5.74) is 1.95. The Morgan fingerprint density at radius 1 is 1.21 bits per heavy atom. The van der Waals surface area contributed by atoms with Gasteiger partial charge in [0.1, 0.15) is 11.6 Å². The second kappa shape index (κ2) is 3.60. The number of hydrogen-bond acceptors (Lipinski definition) is 1. The van der Waals surface area contributed by atoms with Crippen LogP contribution in [-0.4, -0.2) is 7.11 Å². The van der Waals surface area contributed by atoms with Crippen LogP contribution in [0.4, 0.5) is 4.39 Å². The van der Waals surface area contributed by atoms with Crippen LogP contribution in [0.2, 0.25) is 0 Å². The Labute approximate surface area is 84.9 Å². The van der Waals surface area contributed by atoms with E-state index in [1.807, 2.05) is 6.92 Å². The quantitative estimate of drug-likeness (QED) is 0.668. The molecule has 0 radical (unpaired) electrons. The highest BCUT2D eigenvalue weighted by Crippen LogP contribution is 2.31. The maximum Gasteiger partial charge on any atom is 0.127 e. The molecule has 0 spiro atoms. The topological polar surface area (TPSA) is 9.23 Å². The van der Waals surface area contributed by atoms with E-state index in [-0.39, 0.29) is 11.2 Å². The van der Waals surface area contributed by atoms with Crippen LogP contribution < -0.4 is 4.74 Å². The summed E-state index contributed by atoms with van der Waals surface area (Å²) in [5, 5.41) is 0. The van der Waals surface area contributed by atoms with Crippen molar-refractivity contribution in [3.05, 3.63) is 29.1 Å². The van der Waals surface area contributed by atoms with Crippen molar-refractivity contribution in [1.29, 1.82) is 0 Å². The van der Waals surface area contributed by atoms with Crippen molar-refractivity contribution in [3.63, 3.8) is 0 Å². The van der Waals surface area contributed by atoms with Crippen LogP contribution in [0.5, 0.6) is 5.75 Å². The Kier molecular flexibility index (Phi) is 2.84. The maximum atomic E-state index is 13.2. The van der Waals surface area contributed by atoms with E-state index >= 15 is 0 Å². The SMILES string of the molecule is COc1cc(F)cc(C(C)(C)C)c1C. The highest BCUT2D eigenvalue weighted by molar-refractivity contribution is 5.43. The van der Waals surface area contributed by atoms with Crippen LogP contribution in [0, 0.1) is 12.7 Å². The fraction of sp³-hybridized carbons (Fsp3) is 0.500. The molecule has 0 aliphatic rings. The Morgan fingerprint density at radius 3 is 2.21 bits per heavy atom. The summed E-state index contributed by atoms with van der Waals surface area (Å²) in [4.78, 5) is 0. The van der Waals surface area contributed by atoms with Crippen LogP contribution in [-0.2, 0) is 5.41 Å². The van der Waals surface area contributed by atoms with Crippen LogP contribution >= 0.6 is 0 Å². The lowest BCUT2D eigenvalue weighted by molar-refractivity contribution is 0.405. The first kappa shape index (κ1) is 11.0. The Balaban J connectivity index is 3.37. The van der Waals surface area contributed by atoms with Crippen LogP contribution in [0.15, 0.2) is 12.1 Å². The van der Waals surface area contributed by atoms with Gasteiger partial charge < -0.3 is 4.74 Å². The maximum absolute atomic E-state index is 13.2. The van der Waals surface area contributed by atoms with Gasteiger partial charge in [-0.15, -0.1) is 0 Å². The molecular formula is C12H17FO. The molecule has 0 bridgehead atoms. The summed E-state index contributed by atoms with van der Waals surface area (Å²) in [6, 6.07) is 3.00. The number of ether oxygens (including phenoxy) is 1. The van der Waals surface area contributed by atoms with Gasteiger partial charge in [-0.1, -0.05) is 20.8 Å². The third-order valence-electron chi connectivity index (χ3n) is 2.35. The number of benzene rings is 1. The van der Waals surface area contributed by atoms with E-state index in [0.717, 1.165) is 11.1 Å². The highest BCUT2D eigenvalue weighted by Gasteiger charge is 2.19. The summed E-state index contributed by atoms with van der Waals surface area (Å²) in [7, 11) is 1.56. The van der Waals surface area contributed by atoms with E-state index < -0.39 is 0 Å². The average molecular weight is 196 g/mol. The van der Waals surface area contributed by atoms with Crippen molar-refractivity contribution < 1.29 is 9.13 Å². The third-order valence-corrected chi connectivity index (χ3v) is 2.35. The number of halogens is 1. The van der Waals surface area contributed by atoms with Gasteiger partial charge in [0.2, 0.25) is 0 Å². The molecule has 1 nitrogen and oxygen atoms in total. The normalized spacial score (nSPS) is 11.6. The van der Waals surface area contributed by atoms with Gasteiger partial charge in [0.15, 0.2) is 0 Å². The zero-order valence-electron chi connectivity index (χ0n) is 9.44. The molecule has 2 heteroatoms. The zero-order valence-corrected chi connectivity index (χ0v) is 9.44. The summed E-state index contributed by atoms with van der Waals surface area (Å²) in [6.07, 6.45) is 0. The van der Waals surface area contributed by atoms with E-state index in [4.69, 9.17) is 4.74 Å². The molecule has 0 saturated heterocycles. The van der Waals surface area contributed by atoms with Crippen LogP contribution in [0.3, 0.4) is 0 Å². The largest absolute Gasteiger partial charge is 0.496 e. The zero-order chi connectivity index (χ0) is 10.9. The van der Waals surface area contributed by atoms with Crippen molar-refractivity contribution in [2.45, 2.75) is 33.1 Å². The second-order valence-electron chi connectivity index (χ2n) is 4.53. The van der Waals surface area contributed by atoms with Crippen molar-refractivity contribution in [1.82, 2.24) is 0 Å². The lowest BCUT2D eigenvalue weighted by Crippen LogP contribution is -2.14. The molecule has 78 valence electrons. The number of hydrogen-bond donors (Lipinski definition) is 0. The summed E-state index contributed by atoms with van der Waals surface area (Å²) >= 11 is 0. The first-order chi connectivity index (χ1) is 6.36. The average Bonchev–Trinajstić information content (AvgIpc) is 2.06. The van der Waals surface area contributed by atoms with Crippen molar-refractivity contribution in [3.8, 4) is 5.75 Å². The van der Waals surface area contributed by atoms with Crippen LogP contribution in [0.1, 0.15) is 31.9 Å². The molecule has 0 atom stereocenters. The third kappa shape index (κ3) is 2.06. The first-order valence-corrected chi connectivity index (χ1v) is 4.71. The molecule has 0 fully saturated rings. The molecule has 1 aromatic carbocycles. The van der Waals surface area contributed by atoms with Gasteiger partial charge in [-0.05, 0) is 29.5 Å². The van der Waals surface area contributed by atoms with Crippen molar-refractivity contribution in [2.75, 3.05) is 7.11 Å². The molecule has 1 rings (SSSR count). The van der Waals surface area contributed by atoms with Crippen molar-refractivity contribution in [2.24, 2.45) is 0 Å². The van der Waals surface area contributed by atoms with Gasteiger partial charge in [-0.25, -0.2) is 4.39 Å². The molecule has 0 amide bonds. The molecule has 0 unspecified atom stereocenters. The minimum atomic E-state index is -0.239. The van der Waals surface area contributed by atoms with Gasteiger partial charge in [0, 0.05) is 6.07 Å². The molecule has 0 aromatic heterocycles. The molecule has 1 aromatic rings. The summed E-state index contributed by atoms with van der Waals surface area (Å²) in [6.45, 7) is 8.15. The molecule has 0 aliphatic carbocycles. The predicted octanol–water partition coefficient (Wildman–Crippen LogP) is 3.44. The van der Waals surface area contributed by atoms with Crippen molar-refractivity contribution >= 4 is 0 Å². The van der Waals surface area contributed by atoms with Gasteiger partial charge in [0.05, 0.1) is 7.11 Å². The second-order valence-corrected chi connectivity index (χ2v) is 4.53. The molecule has 0 saturated carbocycles. The van der Waals surface area contributed by atoms with E-state index in [1.54, 1.807) is 13.2 Å². The Morgan fingerprint density at radius 2 is 1.79 bits per heavy atom. The minimum absolute atomic E-state index is 0.0561. The monoisotopic (exact) mass is 196 g/mol. The summed E-state index contributed by atoms with van der Waals surface area (Å²) in [5.74, 6) is 0.382. The lowest BCUT2D eigenvalue weighted by Gasteiger charge is -2.23. The van der Waals surface area contributed by atoms with Gasteiger partial charge in [-0.2, -0.15) is 0 Å². The summed E-state index contributed by atoms with van der Waals surface area (Å²) < 4.78 is 18.4. The standard InChI is InChI=1S/C12H17FO/c1-8-10(12(2,3)4)6-9(13)7-11(8)14-5/h6-7H,1-5H3. The molecule has 0 N–H and O–H groups in total. The van der Waals surface area contributed by atoms with E-state index in [9.17, 15) is 4.39 Å². The predicted molar refractivity (Wildman–Crippen MR) is 56.4 cm³/mol. The van der Waals surface area contributed by atoms with Crippen LogP contribution in [0.25, 0.3) is 0 Å². The fourth-order valence-corrected chi connectivity index (χ4v) is 1.65. The molecule has 14 heavy (non-hydrogen) atoms. The van der Waals surface area contributed by atoms with E-state index in [0.29, 0.717) is 5.75 Å². The Hall–Kier alpha value is -1.05. The van der Waals surface area contributed by atoms with Gasteiger partial charge in [0.25, 0.3) is 0 Å². The molecule has 0 heterocycles. The molecular weight excluding hydrogens is 179 g/mol. The highest BCUT2D eigenvalue weighted by atomic mass is 19.1. The lowest BCUT2D eigenvalue weighted by atomic mass is 9.84. The van der Waals surface area contributed by atoms with E-state index in [2.05, 4.69) is 20.8 Å². The first-order valence-electron chi connectivity index (χ1n) is 4.71. The van der Waals surface area contributed by atoms with Gasteiger partial charge >= 0.3 is 0 Å². The minimum Gasteiger partial charge on any atom is -0.496 e. The Bertz CT molecular complexity index is 337. The van der Waals surface area contributed by atoms with E-state index in [1.165, 1.54) is 6.07 Å². The number of methoxy groups -OCH3 is 1. The van der Waals surface area contributed by atoms with Gasteiger partial charge in [-0.3, -0.25) is 0 Å². The smallest absolute Gasteiger partial charge is 0.127 e. The fourth-order valence-electron chi connectivity index (χ4n) is 1.65. The molecule has 0 aliphatic heterocycles. The number of rotatable bonds is 1.